The van der Waals surface area contributed by atoms with E-state index in [0.717, 1.165) is 25.3 Å². The molecule has 2 heteroatoms. The van der Waals surface area contributed by atoms with E-state index in [-0.39, 0.29) is 0 Å². The third-order valence-corrected chi connectivity index (χ3v) is 3.04. The molecule has 0 spiro atoms. The third-order valence-electron chi connectivity index (χ3n) is 3.04. The van der Waals surface area contributed by atoms with Gasteiger partial charge in [0.2, 0.25) is 0 Å². The van der Waals surface area contributed by atoms with Crippen molar-refractivity contribution in [1.82, 2.24) is 4.98 Å². The molecule has 0 bridgehead atoms. The summed E-state index contributed by atoms with van der Waals surface area (Å²) in [4.78, 5) is 6.71. The van der Waals surface area contributed by atoms with Crippen molar-refractivity contribution in [3.8, 4) is 0 Å². The lowest BCUT2D eigenvalue weighted by Crippen LogP contribution is -2.30. The van der Waals surface area contributed by atoms with Gasteiger partial charge in [-0.2, -0.15) is 0 Å². The zero-order chi connectivity index (χ0) is 10.8. The second kappa shape index (κ2) is 3.97. The molecule has 3 rings (SSSR count). The van der Waals surface area contributed by atoms with E-state index in [1.807, 2.05) is 24.4 Å². The van der Waals surface area contributed by atoms with Crippen molar-refractivity contribution in [2.75, 3.05) is 11.4 Å². The first kappa shape index (κ1) is 9.40. The highest BCUT2D eigenvalue weighted by Crippen LogP contribution is 2.22. The van der Waals surface area contributed by atoms with Crippen LogP contribution in [0.25, 0.3) is 0 Å². The minimum Gasteiger partial charge on any atom is -0.352 e. The molecule has 0 fully saturated rings. The Hall–Kier alpha value is -1.83. The Morgan fingerprint density at radius 1 is 1.19 bits per heavy atom. The van der Waals surface area contributed by atoms with Gasteiger partial charge in [0.15, 0.2) is 0 Å². The first-order chi connectivity index (χ1) is 7.93. The Morgan fingerprint density at radius 2 is 2.19 bits per heavy atom. The van der Waals surface area contributed by atoms with Gasteiger partial charge in [-0.3, -0.25) is 0 Å². The summed E-state index contributed by atoms with van der Waals surface area (Å²) in [5.41, 5.74) is 2.82. The largest absolute Gasteiger partial charge is 0.352 e. The Bertz CT molecular complexity index is 479. The summed E-state index contributed by atoms with van der Waals surface area (Å²) in [5.74, 6) is 1.07. The highest BCUT2D eigenvalue weighted by atomic mass is 15.2. The molecule has 1 aliphatic heterocycles. The standard InChI is InChI=1S/C14H13N2/c1-2-6-13-11-16(10-8-12(13)5-1)14-7-3-4-9-15-14/h1,3-7,9H,8,10-11H2. The normalized spacial score (nSPS) is 14.6. The zero-order valence-corrected chi connectivity index (χ0v) is 9.06. The van der Waals surface area contributed by atoms with E-state index in [0.29, 0.717) is 0 Å². The van der Waals surface area contributed by atoms with Crippen LogP contribution in [-0.2, 0) is 13.0 Å². The summed E-state index contributed by atoms with van der Waals surface area (Å²) < 4.78 is 0. The summed E-state index contributed by atoms with van der Waals surface area (Å²) in [7, 11) is 0. The van der Waals surface area contributed by atoms with Crippen LogP contribution in [0.4, 0.5) is 5.82 Å². The van der Waals surface area contributed by atoms with Gasteiger partial charge in [-0.05, 0) is 41.8 Å². The molecule has 0 atom stereocenters. The predicted octanol–water partition coefficient (Wildman–Crippen LogP) is 2.44. The number of hydrogen-bond donors (Lipinski definition) is 0. The number of aromatic nitrogens is 1. The Labute approximate surface area is 95.6 Å². The Morgan fingerprint density at radius 3 is 3.06 bits per heavy atom. The van der Waals surface area contributed by atoms with E-state index in [4.69, 9.17) is 0 Å². The molecule has 0 N–H and O–H groups in total. The van der Waals surface area contributed by atoms with Crippen molar-refractivity contribution in [3.63, 3.8) is 0 Å². The maximum atomic E-state index is 4.39. The highest BCUT2D eigenvalue weighted by Gasteiger charge is 2.16. The number of nitrogens with zero attached hydrogens (tertiary/aromatic N) is 2. The van der Waals surface area contributed by atoms with Gasteiger partial charge in [-0.25, -0.2) is 4.98 Å². The lowest BCUT2D eigenvalue weighted by molar-refractivity contribution is 0.721. The van der Waals surface area contributed by atoms with Crippen LogP contribution in [0.3, 0.4) is 0 Å². The Kier molecular flexibility index (Phi) is 2.33. The van der Waals surface area contributed by atoms with Gasteiger partial charge in [0.1, 0.15) is 5.82 Å². The minimum absolute atomic E-state index is 0.948. The van der Waals surface area contributed by atoms with Gasteiger partial charge < -0.3 is 4.90 Å². The molecule has 0 unspecified atom stereocenters. The number of fused-ring (bicyclic) bond motifs is 1. The van der Waals surface area contributed by atoms with E-state index in [9.17, 15) is 0 Å². The number of pyridine rings is 1. The molecule has 1 aromatic heterocycles. The van der Waals surface area contributed by atoms with Crippen molar-refractivity contribution in [2.45, 2.75) is 13.0 Å². The SMILES string of the molecule is [c]1ccc2c(c1)CN(c1ccccn1)CC2. The number of anilines is 1. The van der Waals surface area contributed by atoms with Gasteiger partial charge in [-0.15, -0.1) is 0 Å². The fraction of sp³-hybridized carbons (Fsp3) is 0.214. The molecule has 0 aliphatic carbocycles. The van der Waals surface area contributed by atoms with Gasteiger partial charge >= 0.3 is 0 Å². The second-order valence-electron chi connectivity index (χ2n) is 4.05. The van der Waals surface area contributed by atoms with Crippen molar-refractivity contribution < 1.29 is 0 Å². The average Bonchev–Trinajstić information content (AvgIpc) is 2.39. The maximum Gasteiger partial charge on any atom is 0.128 e. The molecule has 2 heterocycles. The van der Waals surface area contributed by atoms with E-state index in [1.54, 1.807) is 0 Å². The molecule has 1 radical (unpaired) electrons. The summed E-state index contributed by atoms with van der Waals surface area (Å²) in [6.07, 6.45) is 2.95. The van der Waals surface area contributed by atoms with Crippen LogP contribution < -0.4 is 4.90 Å². The van der Waals surface area contributed by atoms with Crippen molar-refractivity contribution in [2.24, 2.45) is 0 Å². The van der Waals surface area contributed by atoms with Gasteiger partial charge in [0.25, 0.3) is 0 Å². The van der Waals surface area contributed by atoms with Crippen molar-refractivity contribution >= 4 is 5.82 Å². The van der Waals surface area contributed by atoms with Crippen molar-refractivity contribution in [3.05, 3.63) is 59.8 Å². The maximum absolute atomic E-state index is 4.39. The first-order valence-electron chi connectivity index (χ1n) is 5.57. The van der Waals surface area contributed by atoms with E-state index in [2.05, 4.69) is 34.1 Å². The monoisotopic (exact) mass is 209 g/mol. The Balaban J connectivity index is 1.89. The molecule has 2 nitrogen and oxygen atoms in total. The highest BCUT2D eigenvalue weighted by molar-refractivity contribution is 5.43. The molecule has 0 amide bonds. The molecule has 1 aliphatic rings. The quantitative estimate of drug-likeness (QED) is 0.717. The van der Waals surface area contributed by atoms with Crippen LogP contribution >= 0.6 is 0 Å². The predicted molar refractivity (Wildman–Crippen MR) is 64.3 cm³/mol. The number of rotatable bonds is 1. The molecule has 16 heavy (non-hydrogen) atoms. The summed E-state index contributed by atoms with van der Waals surface area (Å²) in [6, 6.07) is 15.5. The molecule has 2 aromatic rings. The molecule has 0 saturated heterocycles. The van der Waals surface area contributed by atoms with E-state index in [1.165, 1.54) is 11.1 Å². The smallest absolute Gasteiger partial charge is 0.128 e. The van der Waals surface area contributed by atoms with Crippen LogP contribution in [0, 0.1) is 6.07 Å². The first-order valence-corrected chi connectivity index (χ1v) is 5.57. The van der Waals surface area contributed by atoms with Crippen LogP contribution in [0.2, 0.25) is 0 Å². The van der Waals surface area contributed by atoms with Crippen LogP contribution in [0.5, 0.6) is 0 Å². The number of benzene rings is 1. The lowest BCUT2D eigenvalue weighted by atomic mass is 10.00. The molecule has 79 valence electrons. The fourth-order valence-electron chi connectivity index (χ4n) is 2.16. The molecular weight excluding hydrogens is 196 g/mol. The molecule has 0 saturated carbocycles. The van der Waals surface area contributed by atoms with Crippen LogP contribution in [0.15, 0.2) is 42.6 Å². The van der Waals surface area contributed by atoms with E-state index < -0.39 is 0 Å². The fourth-order valence-corrected chi connectivity index (χ4v) is 2.16. The topological polar surface area (TPSA) is 16.1 Å². The zero-order valence-electron chi connectivity index (χ0n) is 9.06. The van der Waals surface area contributed by atoms with Gasteiger partial charge in [-0.1, -0.05) is 18.2 Å². The van der Waals surface area contributed by atoms with Gasteiger partial charge in [0, 0.05) is 19.3 Å². The average molecular weight is 209 g/mol. The second-order valence-corrected chi connectivity index (χ2v) is 4.05. The molecular formula is C14H13N2. The van der Waals surface area contributed by atoms with Crippen LogP contribution in [-0.4, -0.2) is 11.5 Å². The minimum atomic E-state index is 0.948. The van der Waals surface area contributed by atoms with E-state index >= 15 is 0 Å². The lowest BCUT2D eigenvalue weighted by Gasteiger charge is -2.29. The molecule has 1 aromatic carbocycles. The summed E-state index contributed by atoms with van der Waals surface area (Å²) >= 11 is 0. The third kappa shape index (κ3) is 1.67. The number of hydrogen-bond acceptors (Lipinski definition) is 2. The van der Waals surface area contributed by atoms with Crippen molar-refractivity contribution in [1.29, 1.82) is 0 Å². The van der Waals surface area contributed by atoms with Crippen LogP contribution in [0.1, 0.15) is 11.1 Å². The van der Waals surface area contributed by atoms with Gasteiger partial charge in [0.05, 0.1) is 0 Å². The summed E-state index contributed by atoms with van der Waals surface area (Å²) in [5, 5.41) is 0. The summed E-state index contributed by atoms with van der Waals surface area (Å²) in [6.45, 7) is 2.00.